The third-order valence-electron chi connectivity index (χ3n) is 3.20. The minimum atomic E-state index is -3.89. The van der Waals surface area contributed by atoms with Gasteiger partial charge in [0.2, 0.25) is 0 Å². The van der Waals surface area contributed by atoms with Crippen LogP contribution in [0.25, 0.3) is 0 Å². The highest BCUT2D eigenvalue weighted by atomic mass is 19.4. The van der Waals surface area contributed by atoms with Crippen LogP contribution in [0.15, 0.2) is 0 Å². The van der Waals surface area contributed by atoms with E-state index >= 15 is 0 Å². The zero-order valence-electron chi connectivity index (χ0n) is 10.9. The van der Waals surface area contributed by atoms with Crippen molar-refractivity contribution in [3.05, 3.63) is 0 Å². The third kappa shape index (κ3) is 5.48. The van der Waals surface area contributed by atoms with E-state index in [-0.39, 0.29) is 0 Å². The van der Waals surface area contributed by atoms with Crippen molar-refractivity contribution in [2.75, 3.05) is 13.1 Å². The van der Waals surface area contributed by atoms with E-state index in [1.54, 1.807) is 0 Å². The van der Waals surface area contributed by atoms with Gasteiger partial charge >= 0.3 is 18.0 Å². The molecule has 2 fully saturated rings. The SMILES string of the molecule is CC1CCCN(C(=O)C(N)=O)C1.FC(F)(F)C1CC1. The van der Waals surface area contributed by atoms with Gasteiger partial charge in [0.05, 0.1) is 5.92 Å². The number of carbonyl (C=O) groups is 2. The predicted octanol–water partition coefficient (Wildman–Crippen LogP) is 1.69. The van der Waals surface area contributed by atoms with Crippen LogP contribution in [0.4, 0.5) is 13.2 Å². The van der Waals surface area contributed by atoms with E-state index in [0.717, 1.165) is 12.8 Å². The first-order chi connectivity index (χ1) is 8.71. The van der Waals surface area contributed by atoms with Crippen LogP contribution in [-0.4, -0.2) is 36.0 Å². The van der Waals surface area contributed by atoms with Gasteiger partial charge in [0.15, 0.2) is 0 Å². The monoisotopic (exact) mass is 280 g/mol. The van der Waals surface area contributed by atoms with E-state index in [1.165, 1.54) is 4.90 Å². The standard InChI is InChI=1S/C8H14N2O2.C4H5F3/c1-6-3-2-4-10(5-6)8(12)7(9)11;5-4(6,7)3-1-2-3/h6H,2-5H2,1H3,(H2,9,11);3H,1-2H2. The normalized spacial score (nSPS) is 23.4. The van der Waals surface area contributed by atoms with Gasteiger partial charge < -0.3 is 10.6 Å². The van der Waals surface area contributed by atoms with Crippen LogP contribution < -0.4 is 5.73 Å². The molecule has 7 heteroatoms. The van der Waals surface area contributed by atoms with Crippen molar-refractivity contribution in [3.8, 4) is 0 Å². The van der Waals surface area contributed by atoms with Gasteiger partial charge in [-0.05, 0) is 31.6 Å². The Morgan fingerprint density at radius 1 is 1.21 bits per heavy atom. The van der Waals surface area contributed by atoms with Crippen molar-refractivity contribution in [2.24, 2.45) is 17.6 Å². The van der Waals surface area contributed by atoms with E-state index in [2.05, 4.69) is 6.92 Å². The molecule has 0 radical (unpaired) electrons. The number of primary amides is 1. The molecule has 2 rings (SSSR count). The van der Waals surface area contributed by atoms with E-state index < -0.39 is 23.9 Å². The number of likely N-dealkylation sites (tertiary alicyclic amines) is 1. The highest BCUT2D eigenvalue weighted by molar-refractivity contribution is 6.34. The Labute approximate surface area is 110 Å². The Bertz CT molecular complexity index is 340. The van der Waals surface area contributed by atoms with Crippen LogP contribution in [0.5, 0.6) is 0 Å². The molecule has 2 aliphatic rings. The second-order valence-electron chi connectivity index (χ2n) is 5.18. The van der Waals surface area contributed by atoms with Crippen molar-refractivity contribution < 1.29 is 22.8 Å². The second-order valence-corrected chi connectivity index (χ2v) is 5.18. The van der Waals surface area contributed by atoms with E-state index in [0.29, 0.717) is 31.8 Å². The molecule has 0 spiro atoms. The van der Waals surface area contributed by atoms with Gasteiger partial charge in [-0.2, -0.15) is 13.2 Å². The molecule has 19 heavy (non-hydrogen) atoms. The summed E-state index contributed by atoms with van der Waals surface area (Å²) in [5.74, 6) is -1.85. The first kappa shape index (κ1) is 15.8. The molecular weight excluding hydrogens is 261 g/mol. The fraction of sp³-hybridized carbons (Fsp3) is 0.833. The molecule has 1 atom stereocenters. The topological polar surface area (TPSA) is 63.4 Å². The Morgan fingerprint density at radius 2 is 1.79 bits per heavy atom. The lowest BCUT2D eigenvalue weighted by Crippen LogP contribution is -2.45. The zero-order chi connectivity index (χ0) is 14.6. The number of piperidine rings is 1. The van der Waals surface area contributed by atoms with E-state index in [9.17, 15) is 22.8 Å². The summed E-state index contributed by atoms with van der Waals surface area (Å²) in [5.41, 5.74) is 4.88. The molecule has 1 aliphatic carbocycles. The largest absolute Gasteiger partial charge is 0.391 e. The lowest BCUT2D eigenvalue weighted by atomic mass is 10.0. The molecule has 1 saturated heterocycles. The average Bonchev–Trinajstić information content (AvgIpc) is 3.11. The van der Waals surface area contributed by atoms with Crippen molar-refractivity contribution in [1.29, 1.82) is 0 Å². The maximum atomic E-state index is 11.2. The van der Waals surface area contributed by atoms with Crippen LogP contribution >= 0.6 is 0 Å². The number of amides is 2. The van der Waals surface area contributed by atoms with Gasteiger partial charge in [-0.3, -0.25) is 9.59 Å². The van der Waals surface area contributed by atoms with Gasteiger partial charge in [-0.15, -0.1) is 0 Å². The second kappa shape index (κ2) is 6.25. The molecule has 0 bridgehead atoms. The molecule has 4 nitrogen and oxygen atoms in total. The van der Waals surface area contributed by atoms with Gasteiger partial charge in [-0.25, -0.2) is 0 Å². The average molecular weight is 280 g/mol. The first-order valence-electron chi connectivity index (χ1n) is 6.37. The summed E-state index contributed by atoms with van der Waals surface area (Å²) in [6, 6.07) is 0. The highest BCUT2D eigenvalue weighted by Gasteiger charge is 2.46. The number of nitrogens with two attached hydrogens (primary N) is 1. The smallest absolute Gasteiger partial charge is 0.361 e. The van der Waals surface area contributed by atoms with E-state index in [4.69, 9.17) is 5.73 Å². The number of hydrogen-bond donors (Lipinski definition) is 1. The summed E-state index contributed by atoms with van der Waals surface area (Å²) in [4.78, 5) is 23.2. The summed E-state index contributed by atoms with van der Waals surface area (Å²) in [5, 5.41) is 0. The van der Waals surface area contributed by atoms with Crippen LogP contribution in [0.2, 0.25) is 0 Å². The number of hydrogen-bond acceptors (Lipinski definition) is 2. The lowest BCUT2D eigenvalue weighted by molar-refractivity contribution is -0.147. The minimum Gasteiger partial charge on any atom is -0.361 e. The summed E-state index contributed by atoms with van der Waals surface area (Å²) >= 11 is 0. The van der Waals surface area contributed by atoms with Gasteiger partial charge in [0.1, 0.15) is 0 Å². The van der Waals surface area contributed by atoms with Gasteiger partial charge in [0, 0.05) is 13.1 Å². The Hall–Kier alpha value is -1.27. The molecule has 1 unspecified atom stereocenters. The number of nitrogens with zero attached hydrogens (tertiary/aromatic N) is 1. The Balaban J connectivity index is 0.000000218. The summed E-state index contributed by atoms with van der Waals surface area (Å²) in [6.45, 7) is 3.41. The van der Waals surface area contributed by atoms with Crippen molar-refractivity contribution in [2.45, 2.75) is 38.8 Å². The first-order valence-corrected chi connectivity index (χ1v) is 6.37. The summed E-state index contributed by atoms with van der Waals surface area (Å²) < 4.78 is 33.7. The molecule has 110 valence electrons. The molecule has 2 amide bonds. The fourth-order valence-electron chi connectivity index (χ4n) is 1.94. The maximum absolute atomic E-state index is 11.2. The Kier molecular flexibility index (Phi) is 5.20. The van der Waals surface area contributed by atoms with Crippen molar-refractivity contribution in [1.82, 2.24) is 4.90 Å². The van der Waals surface area contributed by atoms with Crippen LogP contribution in [0, 0.1) is 11.8 Å². The lowest BCUT2D eigenvalue weighted by Gasteiger charge is -2.29. The Morgan fingerprint density at radius 3 is 2.11 bits per heavy atom. The zero-order valence-corrected chi connectivity index (χ0v) is 10.9. The van der Waals surface area contributed by atoms with Crippen molar-refractivity contribution >= 4 is 11.8 Å². The summed E-state index contributed by atoms with van der Waals surface area (Å²) in [7, 11) is 0. The van der Waals surface area contributed by atoms with E-state index in [1.807, 2.05) is 0 Å². The molecular formula is C12H19F3N2O2. The van der Waals surface area contributed by atoms with Crippen LogP contribution in [0.1, 0.15) is 32.6 Å². The molecule has 0 aromatic rings. The highest BCUT2D eigenvalue weighted by Crippen LogP contribution is 2.43. The number of carbonyl (C=O) groups excluding carboxylic acids is 2. The number of halogens is 3. The summed E-state index contributed by atoms with van der Waals surface area (Å²) in [6.07, 6.45) is -1.09. The number of rotatable bonds is 0. The molecule has 1 saturated carbocycles. The maximum Gasteiger partial charge on any atom is 0.391 e. The molecule has 1 aliphatic heterocycles. The fourth-order valence-corrected chi connectivity index (χ4v) is 1.94. The van der Waals surface area contributed by atoms with Crippen molar-refractivity contribution in [3.63, 3.8) is 0 Å². The molecule has 2 N–H and O–H groups in total. The number of alkyl halides is 3. The predicted molar refractivity (Wildman–Crippen MR) is 63.0 cm³/mol. The molecule has 1 heterocycles. The third-order valence-corrected chi connectivity index (χ3v) is 3.20. The molecule has 0 aromatic carbocycles. The minimum absolute atomic E-state index is 0.351. The van der Waals surface area contributed by atoms with Gasteiger partial charge in [-0.1, -0.05) is 6.92 Å². The van der Waals surface area contributed by atoms with Gasteiger partial charge in [0.25, 0.3) is 0 Å². The van der Waals surface area contributed by atoms with Crippen LogP contribution in [-0.2, 0) is 9.59 Å². The quantitative estimate of drug-likeness (QED) is 0.686. The van der Waals surface area contributed by atoms with Crippen LogP contribution in [0.3, 0.4) is 0 Å². The molecule has 0 aromatic heterocycles.